The molecule has 4 aromatic rings. The molecule has 1 N–H and O–H groups in total. The number of carbonyl (C=O) groups is 1. The first-order valence-electron chi connectivity index (χ1n) is 11.1. The molecular weight excluding hydrogens is 418 g/mol. The summed E-state index contributed by atoms with van der Waals surface area (Å²) < 4.78 is 9.11. The minimum absolute atomic E-state index is 0.0383. The van der Waals surface area contributed by atoms with Crippen LogP contribution in [0.2, 0.25) is 0 Å². The highest BCUT2D eigenvalue weighted by Crippen LogP contribution is 2.29. The van der Waals surface area contributed by atoms with Crippen molar-refractivity contribution in [1.82, 2.24) is 29.6 Å². The monoisotopic (exact) mass is 445 g/mol. The third-order valence-corrected chi connectivity index (χ3v) is 5.68. The molecule has 0 unspecified atom stereocenters. The van der Waals surface area contributed by atoms with Crippen molar-refractivity contribution in [3.8, 4) is 17.2 Å². The van der Waals surface area contributed by atoms with Gasteiger partial charge in [0, 0.05) is 37.9 Å². The Labute approximate surface area is 192 Å². The van der Waals surface area contributed by atoms with Crippen molar-refractivity contribution in [1.29, 1.82) is 0 Å². The molecule has 33 heavy (non-hydrogen) atoms. The smallest absolute Gasteiger partial charge is 0.268 e. The van der Waals surface area contributed by atoms with Crippen molar-refractivity contribution in [2.24, 2.45) is 7.05 Å². The van der Waals surface area contributed by atoms with Gasteiger partial charge in [-0.1, -0.05) is 30.3 Å². The highest BCUT2D eigenvalue weighted by Gasteiger charge is 2.24. The van der Waals surface area contributed by atoms with Gasteiger partial charge >= 0.3 is 0 Å². The zero-order chi connectivity index (χ0) is 22.9. The number of hydrogen-bond acceptors (Lipinski definition) is 6. The van der Waals surface area contributed by atoms with Crippen molar-refractivity contribution in [3.05, 3.63) is 54.4 Å². The second-order valence-corrected chi connectivity index (χ2v) is 8.41. The molecule has 0 spiro atoms. The van der Waals surface area contributed by atoms with Gasteiger partial charge in [0.05, 0.1) is 24.4 Å². The standard InChI is InChI=1S/C24H27N7O2/c1-16(2)25-23(32)20-15-19-21(29(20)3)22(30-11-13-33-14-12-30)27-24(26-19)31-10-9-18(28-31)17-7-5-4-6-8-17/h4-10,15-16H,11-14H2,1-3H3,(H,25,32). The number of amides is 1. The maximum absolute atomic E-state index is 12.8. The van der Waals surface area contributed by atoms with E-state index in [1.807, 2.05) is 74.1 Å². The first-order valence-corrected chi connectivity index (χ1v) is 11.1. The molecule has 1 aliphatic rings. The van der Waals surface area contributed by atoms with Gasteiger partial charge in [0.25, 0.3) is 11.9 Å². The van der Waals surface area contributed by atoms with Gasteiger partial charge in [-0.05, 0) is 26.0 Å². The summed E-state index contributed by atoms with van der Waals surface area (Å²) in [5.74, 6) is 1.11. The van der Waals surface area contributed by atoms with Gasteiger partial charge in [0.1, 0.15) is 11.2 Å². The van der Waals surface area contributed by atoms with Crippen LogP contribution in [0.15, 0.2) is 48.7 Å². The fourth-order valence-corrected chi connectivity index (χ4v) is 4.07. The summed E-state index contributed by atoms with van der Waals surface area (Å²) in [7, 11) is 1.88. The van der Waals surface area contributed by atoms with E-state index in [1.165, 1.54) is 0 Å². The molecule has 9 heteroatoms. The van der Waals surface area contributed by atoms with E-state index in [9.17, 15) is 4.79 Å². The highest BCUT2D eigenvalue weighted by molar-refractivity contribution is 6.00. The first-order chi connectivity index (χ1) is 16.0. The van der Waals surface area contributed by atoms with Crippen LogP contribution in [0.3, 0.4) is 0 Å². The molecule has 0 radical (unpaired) electrons. The molecule has 0 aliphatic carbocycles. The van der Waals surface area contributed by atoms with Crippen molar-refractivity contribution in [3.63, 3.8) is 0 Å². The zero-order valence-electron chi connectivity index (χ0n) is 19.0. The molecular formula is C24H27N7O2. The van der Waals surface area contributed by atoms with E-state index in [2.05, 4.69) is 10.2 Å². The summed E-state index contributed by atoms with van der Waals surface area (Å²) >= 11 is 0. The van der Waals surface area contributed by atoms with Crippen LogP contribution >= 0.6 is 0 Å². The average Bonchev–Trinajstić information content (AvgIpc) is 3.45. The summed E-state index contributed by atoms with van der Waals surface area (Å²) in [6, 6.07) is 13.8. The lowest BCUT2D eigenvalue weighted by molar-refractivity contribution is 0.0935. The maximum Gasteiger partial charge on any atom is 0.268 e. The van der Waals surface area contributed by atoms with Gasteiger partial charge in [0.15, 0.2) is 5.82 Å². The van der Waals surface area contributed by atoms with Gasteiger partial charge in [-0.25, -0.2) is 9.67 Å². The number of aryl methyl sites for hydroxylation is 1. The lowest BCUT2D eigenvalue weighted by atomic mass is 10.2. The van der Waals surface area contributed by atoms with Crippen LogP contribution in [0, 0.1) is 0 Å². The molecule has 1 saturated heterocycles. The molecule has 9 nitrogen and oxygen atoms in total. The van der Waals surface area contributed by atoms with E-state index >= 15 is 0 Å². The van der Waals surface area contributed by atoms with Crippen LogP contribution in [-0.2, 0) is 11.8 Å². The number of nitrogens with zero attached hydrogens (tertiary/aromatic N) is 6. The number of fused-ring (bicyclic) bond motifs is 1. The Morgan fingerprint density at radius 1 is 1.09 bits per heavy atom. The van der Waals surface area contributed by atoms with Crippen LogP contribution in [0.25, 0.3) is 28.2 Å². The van der Waals surface area contributed by atoms with Crippen molar-refractivity contribution in [2.75, 3.05) is 31.2 Å². The Kier molecular flexibility index (Phi) is 5.55. The van der Waals surface area contributed by atoms with Crippen LogP contribution in [0.1, 0.15) is 24.3 Å². The Morgan fingerprint density at radius 3 is 2.58 bits per heavy atom. The molecule has 0 bridgehead atoms. The molecule has 1 aliphatic heterocycles. The van der Waals surface area contributed by atoms with Gasteiger partial charge in [-0.3, -0.25) is 4.79 Å². The number of rotatable bonds is 5. The Balaban J connectivity index is 1.63. The van der Waals surface area contributed by atoms with Crippen LogP contribution in [-0.4, -0.2) is 62.6 Å². The number of ether oxygens (including phenoxy) is 1. The summed E-state index contributed by atoms with van der Waals surface area (Å²) in [5, 5.41) is 7.68. The Morgan fingerprint density at radius 2 is 1.85 bits per heavy atom. The summed E-state index contributed by atoms with van der Waals surface area (Å²) in [5.41, 5.74) is 3.94. The number of benzene rings is 1. The molecule has 0 atom stereocenters. The Bertz CT molecular complexity index is 1290. The molecule has 1 fully saturated rings. The van der Waals surface area contributed by atoms with Gasteiger partial charge in [-0.2, -0.15) is 10.1 Å². The number of morpholine rings is 1. The van der Waals surface area contributed by atoms with Crippen LogP contribution in [0.5, 0.6) is 0 Å². The number of hydrogen-bond donors (Lipinski definition) is 1. The fraction of sp³-hybridized carbons (Fsp3) is 0.333. The van der Waals surface area contributed by atoms with E-state index in [4.69, 9.17) is 19.8 Å². The summed E-state index contributed by atoms with van der Waals surface area (Å²) in [6.07, 6.45) is 1.86. The van der Waals surface area contributed by atoms with Crippen LogP contribution in [0.4, 0.5) is 5.82 Å². The van der Waals surface area contributed by atoms with E-state index in [0.29, 0.717) is 30.4 Å². The van der Waals surface area contributed by atoms with Gasteiger partial charge in [0.2, 0.25) is 0 Å². The topological polar surface area (TPSA) is 90.1 Å². The molecule has 3 aromatic heterocycles. The minimum atomic E-state index is -0.134. The molecule has 1 aromatic carbocycles. The van der Waals surface area contributed by atoms with Gasteiger partial charge in [-0.15, -0.1) is 0 Å². The van der Waals surface area contributed by atoms with Crippen LogP contribution < -0.4 is 10.2 Å². The second-order valence-electron chi connectivity index (χ2n) is 8.41. The molecule has 0 saturated carbocycles. The zero-order valence-corrected chi connectivity index (χ0v) is 19.0. The quantitative estimate of drug-likeness (QED) is 0.508. The van der Waals surface area contributed by atoms with Crippen molar-refractivity contribution < 1.29 is 9.53 Å². The normalized spacial score (nSPS) is 14.2. The summed E-state index contributed by atoms with van der Waals surface area (Å²) in [4.78, 5) is 24.7. The van der Waals surface area contributed by atoms with E-state index in [0.717, 1.165) is 35.7 Å². The lowest BCUT2D eigenvalue weighted by Crippen LogP contribution is -2.37. The number of anilines is 1. The summed E-state index contributed by atoms with van der Waals surface area (Å²) in [6.45, 7) is 6.59. The van der Waals surface area contributed by atoms with E-state index in [-0.39, 0.29) is 11.9 Å². The van der Waals surface area contributed by atoms with Crippen molar-refractivity contribution >= 4 is 22.8 Å². The van der Waals surface area contributed by atoms with Gasteiger partial charge < -0.3 is 19.5 Å². The molecule has 170 valence electrons. The van der Waals surface area contributed by atoms with Crippen molar-refractivity contribution in [2.45, 2.75) is 19.9 Å². The largest absolute Gasteiger partial charge is 0.378 e. The number of nitrogens with one attached hydrogen (secondary N) is 1. The fourth-order valence-electron chi connectivity index (χ4n) is 4.07. The first kappa shape index (κ1) is 21.1. The second kappa shape index (κ2) is 8.67. The molecule has 1 amide bonds. The third kappa shape index (κ3) is 4.07. The number of carbonyl (C=O) groups excluding carboxylic acids is 1. The predicted octanol–water partition coefficient (Wildman–Crippen LogP) is 2.80. The molecule has 5 rings (SSSR count). The van der Waals surface area contributed by atoms with E-state index in [1.54, 1.807) is 4.68 Å². The highest BCUT2D eigenvalue weighted by atomic mass is 16.5. The minimum Gasteiger partial charge on any atom is -0.378 e. The Hall–Kier alpha value is -3.72. The lowest BCUT2D eigenvalue weighted by Gasteiger charge is -2.28. The SMILES string of the molecule is CC(C)NC(=O)c1cc2nc(-n3ccc(-c4ccccc4)n3)nc(N3CCOCC3)c2n1C. The maximum atomic E-state index is 12.8. The molecule has 4 heterocycles. The predicted molar refractivity (Wildman–Crippen MR) is 127 cm³/mol. The van der Waals surface area contributed by atoms with E-state index < -0.39 is 0 Å². The third-order valence-electron chi connectivity index (χ3n) is 5.68. The average molecular weight is 446 g/mol. The number of aromatic nitrogens is 5.